The van der Waals surface area contributed by atoms with E-state index in [1.54, 1.807) is 0 Å². The van der Waals surface area contributed by atoms with Crippen molar-refractivity contribution >= 4 is 15.6 Å². The molecule has 0 amide bonds. The largest absolute Gasteiger partial charge is 0.392 e. The highest BCUT2D eigenvalue weighted by molar-refractivity contribution is 7.91. The summed E-state index contributed by atoms with van der Waals surface area (Å²) in [6.45, 7) is 2.10. The molecular weight excluding hydrogens is 240 g/mol. The summed E-state index contributed by atoms with van der Waals surface area (Å²) in [5.74, 6) is -0.119. The van der Waals surface area contributed by atoms with Gasteiger partial charge in [0.2, 0.25) is 0 Å². The number of carbonyl (C=O) groups is 1. The zero-order valence-electron chi connectivity index (χ0n) is 10.1. The Labute approximate surface area is 102 Å². The molecule has 4 nitrogen and oxygen atoms in total. The fourth-order valence-electron chi connectivity index (χ4n) is 3.16. The summed E-state index contributed by atoms with van der Waals surface area (Å²) in [6, 6.07) is 0. The van der Waals surface area contributed by atoms with Crippen LogP contribution in [0.3, 0.4) is 0 Å². The topological polar surface area (TPSA) is 71.4 Å². The number of aliphatic hydroxyl groups is 1. The fourth-order valence-corrected chi connectivity index (χ4v) is 5.11. The van der Waals surface area contributed by atoms with Crippen LogP contribution in [0.1, 0.15) is 32.6 Å². The van der Waals surface area contributed by atoms with E-state index in [1.165, 1.54) is 0 Å². The van der Waals surface area contributed by atoms with Crippen molar-refractivity contribution in [2.24, 2.45) is 17.8 Å². The van der Waals surface area contributed by atoms with Gasteiger partial charge < -0.3 is 5.11 Å². The van der Waals surface area contributed by atoms with Crippen LogP contribution in [0, 0.1) is 17.8 Å². The molecule has 4 atom stereocenters. The fraction of sp³-hybridized carbons (Fsp3) is 0.917. The van der Waals surface area contributed by atoms with Gasteiger partial charge in [0.1, 0.15) is 5.78 Å². The van der Waals surface area contributed by atoms with E-state index in [9.17, 15) is 18.3 Å². The lowest BCUT2D eigenvalue weighted by atomic mass is 9.72. The van der Waals surface area contributed by atoms with Gasteiger partial charge in [-0.15, -0.1) is 0 Å². The van der Waals surface area contributed by atoms with Gasteiger partial charge in [0.15, 0.2) is 9.84 Å². The van der Waals surface area contributed by atoms with Crippen LogP contribution in [0.15, 0.2) is 0 Å². The van der Waals surface area contributed by atoms with Crippen molar-refractivity contribution in [3.8, 4) is 0 Å². The minimum Gasteiger partial charge on any atom is -0.392 e. The van der Waals surface area contributed by atoms with Crippen molar-refractivity contribution in [1.82, 2.24) is 0 Å². The minimum absolute atomic E-state index is 0.0129. The van der Waals surface area contributed by atoms with Gasteiger partial charge >= 0.3 is 0 Å². The second kappa shape index (κ2) is 4.69. The van der Waals surface area contributed by atoms with E-state index >= 15 is 0 Å². The normalized spacial score (nSPS) is 41.6. The van der Waals surface area contributed by atoms with Crippen LogP contribution in [-0.2, 0) is 14.6 Å². The molecule has 1 heterocycles. The number of Topliss-reactive ketones (excluding diaryl/α,β-unsaturated/α-hetero) is 1. The Hall–Kier alpha value is -0.420. The number of sulfone groups is 1. The maximum Gasteiger partial charge on any atom is 0.153 e. The maximum atomic E-state index is 11.9. The van der Waals surface area contributed by atoms with E-state index in [0.717, 1.165) is 19.3 Å². The van der Waals surface area contributed by atoms with Crippen molar-refractivity contribution in [2.75, 3.05) is 11.5 Å². The number of hydrogen-bond donors (Lipinski definition) is 1. The van der Waals surface area contributed by atoms with Gasteiger partial charge in [-0.25, -0.2) is 8.42 Å². The molecule has 98 valence electrons. The van der Waals surface area contributed by atoms with Crippen LogP contribution in [0.5, 0.6) is 0 Å². The number of carbonyl (C=O) groups excluding carboxylic acids is 1. The monoisotopic (exact) mass is 260 g/mol. The van der Waals surface area contributed by atoms with Crippen LogP contribution >= 0.6 is 0 Å². The molecule has 0 spiro atoms. The third kappa shape index (κ3) is 2.71. The van der Waals surface area contributed by atoms with Crippen molar-refractivity contribution < 1.29 is 18.3 Å². The maximum absolute atomic E-state index is 11.9. The lowest BCUT2D eigenvalue weighted by Crippen LogP contribution is -2.36. The van der Waals surface area contributed by atoms with E-state index < -0.39 is 15.9 Å². The molecule has 4 unspecified atom stereocenters. The standard InChI is InChI=1S/C12H20O4S/c1-2-8-3-4-11(13)9(5-8)10-6-17(15,16)7-12(10)14/h8-10,12,14H,2-7H2,1H3. The smallest absolute Gasteiger partial charge is 0.153 e. The minimum atomic E-state index is -3.14. The SMILES string of the molecule is CCC1CCC(=O)C(C2CS(=O)(=O)CC2O)C1. The quantitative estimate of drug-likeness (QED) is 0.796. The Morgan fingerprint density at radius 3 is 2.59 bits per heavy atom. The molecular formula is C12H20O4S. The highest BCUT2D eigenvalue weighted by atomic mass is 32.2. The summed E-state index contributed by atoms with van der Waals surface area (Å²) in [7, 11) is -3.14. The first-order valence-electron chi connectivity index (χ1n) is 6.34. The molecule has 0 aromatic rings. The third-order valence-electron chi connectivity index (χ3n) is 4.26. The lowest BCUT2D eigenvalue weighted by Gasteiger charge is -2.32. The Morgan fingerprint density at radius 2 is 2.06 bits per heavy atom. The molecule has 2 fully saturated rings. The van der Waals surface area contributed by atoms with E-state index in [1.807, 2.05) is 0 Å². The molecule has 1 saturated carbocycles. The molecule has 2 aliphatic rings. The van der Waals surface area contributed by atoms with Gasteiger partial charge in [0.25, 0.3) is 0 Å². The summed E-state index contributed by atoms with van der Waals surface area (Å²) in [5, 5.41) is 9.82. The lowest BCUT2D eigenvalue weighted by molar-refractivity contribution is -0.128. The Morgan fingerprint density at radius 1 is 1.35 bits per heavy atom. The van der Waals surface area contributed by atoms with Gasteiger partial charge in [-0.3, -0.25) is 4.79 Å². The van der Waals surface area contributed by atoms with Crippen molar-refractivity contribution in [2.45, 2.75) is 38.7 Å². The molecule has 1 aliphatic carbocycles. The molecule has 17 heavy (non-hydrogen) atoms. The van der Waals surface area contributed by atoms with Crippen molar-refractivity contribution in [1.29, 1.82) is 0 Å². The summed E-state index contributed by atoms with van der Waals surface area (Å²) in [6.07, 6.45) is 2.41. The summed E-state index contributed by atoms with van der Waals surface area (Å²) in [4.78, 5) is 11.9. The van der Waals surface area contributed by atoms with Crippen molar-refractivity contribution in [3.05, 3.63) is 0 Å². The number of hydrogen-bond acceptors (Lipinski definition) is 4. The molecule has 1 aliphatic heterocycles. The summed E-state index contributed by atoms with van der Waals surface area (Å²) < 4.78 is 23.0. The Kier molecular flexibility index (Phi) is 3.59. The Balaban J connectivity index is 2.13. The van der Waals surface area contributed by atoms with Crippen LogP contribution in [0.2, 0.25) is 0 Å². The highest BCUT2D eigenvalue weighted by Gasteiger charge is 2.45. The van der Waals surface area contributed by atoms with Crippen molar-refractivity contribution in [3.63, 3.8) is 0 Å². The first-order valence-corrected chi connectivity index (χ1v) is 8.16. The molecule has 2 rings (SSSR count). The van der Waals surface area contributed by atoms with Gasteiger partial charge in [-0.05, 0) is 18.8 Å². The molecule has 0 radical (unpaired) electrons. The Bertz CT molecular complexity index is 401. The van der Waals surface area contributed by atoms with Gasteiger partial charge in [-0.2, -0.15) is 0 Å². The van der Waals surface area contributed by atoms with Crippen LogP contribution < -0.4 is 0 Å². The average molecular weight is 260 g/mol. The number of rotatable bonds is 2. The molecule has 0 aromatic heterocycles. The van der Waals surface area contributed by atoms with Gasteiger partial charge in [0.05, 0.1) is 17.6 Å². The van der Waals surface area contributed by atoms with E-state index in [-0.39, 0.29) is 29.1 Å². The second-order valence-electron chi connectivity index (χ2n) is 5.43. The molecule has 1 saturated heterocycles. The highest BCUT2D eigenvalue weighted by Crippen LogP contribution is 2.37. The number of ketones is 1. The first-order chi connectivity index (χ1) is 7.93. The summed E-state index contributed by atoms with van der Waals surface area (Å²) >= 11 is 0. The van der Waals surface area contributed by atoms with Crippen LogP contribution in [-0.4, -0.2) is 36.9 Å². The predicted octanol–water partition coefficient (Wildman–Crippen LogP) is 0.787. The average Bonchev–Trinajstić information content (AvgIpc) is 2.53. The molecule has 1 N–H and O–H groups in total. The summed E-state index contributed by atoms with van der Waals surface area (Å²) in [5.41, 5.74) is 0. The molecule has 0 aromatic carbocycles. The van der Waals surface area contributed by atoms with Gasteiger partial charge in [0, 0.05) is 18.3 Å². The van der Waals surface area contributed by atoms with E-state index in [0.29, 0.717) is 12.3 Å². The molecule has 0 bridgehead atoms. The second-order valence-corrected chi connectivity index (χ2v) is 7.58. The predicted molar refractivity (Wildman–Crippen MR) is 64.3 cm³/mol. The molecule has 5 heteroatoms. The first kappa shape index (κ1) is 13.0. The zero-order valence-corrected chi connectivity index (χ0v) is 10.9. The van der Waals surface area contributed by atoms with Gasteiger partial charge in [-0.1, -0.05) is 13.3 Å². The number of aliphatic hydroxyl groups excluding tert-OH is 1. The zero-order chi connectivity index (χ0) is 12.6. The van der Waals surface area contributed by atoms with Crippen LogP contribution in [0.4, 0.5) is 0 Å². The third-order valence-corrected chi connectivity index (χ3v) is 6.00. The van der Waals surface area contributed by atoms with E-state index in [4.69, 9.17) is 0 Å². The van der Waals surface area contributed by atoms with Crippen LogP contribution in [0.25, 0.3) is 0 Å². The van der Waals surface area contributed by atoms with E-state index in [2.05, 4.69) is 6.92 Å².